The van der Waals surface area contributed by atoms with Crippen LogP contribution in [0.5, 0.6) is 0 Å². The van der Waals surface area contributed by atoms with E-state index in [1.54, 1.807) is 0 Å². The smallest absolute Gasteiger partial charge is 0.184 e. The fourth-order valence-corrected chi connectivity index (χ4v) is 3.27. The van der Waals surface area contributed by atoms with Crippen molar-refractivity contribution in [1.82, 2.24) is 35.4 Å². The van der Waals surface area contributed by atoms with Crippen LogP contribution in [-0.2, 0) is 13.0 Å². The number of hydrogen-bond donors (Lipinski definition) is 1. The first kappa shape index (κ1) is 18.8. The van der Waals surface area contributed by atoms with Gasteiger partial charge in [-0.15, -0.1) is 11.7 Å². The van der Waals surface area contributed by atoms with Gasteiger partial charge in [-0.25, -0.2) is 14.8 Å². The summed E-state index contributed by atoms with van der Waals surface area (Å²) in [5.74, 6) is 2.11. The summed E-state index contributed by atoms with van der Waals surface area (Å²) in [6.07, 6.45) is 3.39. The van der Waals surface area contributed by atoms with E-state index in [0.717, 1.165) is 41.0 Å². The number of thiocarbonyl (C=S) groups is 1. The van der Waals surface area contributed by atoms with Gasteiger partial charge in [0.2, 0.25) is 0 Å². The Morgan fingerprint density at radius 1 is 1.07 bits per heavy atom. The van der Waals surface area contributed by atoms with Crippen molar-refractivity contribution in [3.05, 3.63) is 78.4 Å². The number of rotatable bonds is 8. The van der Waals surface area contributed by atoms with Crippen molar-refractivity contribution in [3.8, 4) is 22.5 Å². The summed E-state index contributed by atoms with van der Waals surface area (Å²) in [5.41, 5.74) is 4.26. The molecule has 0 unspecified atom stereocenters. The molecule has 0 aliphatic heterocycles. The fraction of sp³-hybridized carbons (Fsp3) is 0.143. The van der Waals surface area contributed by atoms with Gasteiger partial charge in [0, 0.05) is 23.9 Å². The first-order valence-corrected chi connectivity index (χ1v) is 9.68. The SMILES string of the molecule is C=CCCn1nc(C=S)nc1Cc1ccc(-c2ccccc2-c2nnn[nH]2)cc1. The van der Waals surface area contributed by atoms with E-state index in [2.05, 4.69) is 67.6 Å². The molecule has 2 aromatic heterocycles. The highest BCUT2D eigenvalue weighted by molar-refractivity contribution is 7.79. The minimum Gasteiger partial charge on any atom is -0.249 e. The predicted octanol–water partition coefficient (Wildman–Crippen LogP) is 3.64. The zero-order valence-corrected chi connectivity index (χ0v) is 16.5. The molecule has 0 fully saturated rings. The molecule has 2 aromatic carbocycles. The normalized spacial score (nSPS) is 10.8. The second-order valence-electron chi connectivity index (χ2n) is 6.47. The summed E-state index contributed by atoms with van der Waals surface area (Å²) in [6, 6.07) is 16.4. The molecule has 4 aromatic rings. The first-order valence-electron chi connectivity index (χ1n) is 9.20. The Morgan fingerprint density at radius 2 is 1.86 bits per heavy atom. The zero-order chi connectivity index (χ0) is 20.1. The molecule has 0 bridgehead atoms. The quantitative estimate of drug-likeness (QED) is 0.358. The molecule has 144 valence electrons. The van der Waals surface area contributed by atoms with Gasteiger partial charge in [0.1, 0.15) is 5.82 Å². The Bertz CT molecular complexity index is 1110. The maximum atomic E-state index is 4.99. The van der Waals surface area contributed by atoms with Crippen molar-refractivity contribution in [1.29, 1.82) is 0 Å². The number of aryl methyl sites for hydroxylation is 1. The van der Waals surface area contributed by atoms with Crippen LogP contribution in [0.15, 0.2) is 61.2 Å². The van der Waals surface area contributed by atoms with E-state index in [0.29, 0.717) is 18.1 Å². The van der Waals surface area contributed by atoms with Gasteiger partial charge in [-0.05, 0) is 33.5 Å². The van der Waals surface area contributed by atoms with Crippen molar-refractivity contribution in [2.75, 3.05) is 0 Å². The molecule has 4 rings (SSSR count). The molecular weight excluding hydrogens is 382 g/mol. The molecule has 0 saturated heterocycles. The van der Waals surface area contributed by atoms with Crippen LogP contribution in [0.4, 0.5) is 0 Å². The molecule has 8 heteroatoms. The van der Waals surface area contributed by atoms with Gasteiger partial charge >= 0.3 is 0 Å². The first-order chi connectivity index (χ1) is 14.3. The van der Waals surface area contributed by atoms with Crippen LogP contribution in [0, 0.1) is 0 Å². The number of aromatic amines is 1. The lowest BCUT2D eigenvalue weighted by Gasteiger charge is -2.09. The third-order valence-electron chi connectivity index (χ3n) is 4.57. The van der Waals surface area contributed by atoms with Crippen molar-refractivity contribution >= 4 is 17.6 Å². The van der Waals surface area contributed by atoms with E-state index in [9.17, 15) is 0 Å². The van der Waals surface area contributed by atoms with Gasteiger partial charge in [-0.2, -0.15) is 5.10 Å². The Kier molecular flexibility index (Phi) is 5.62. The van der Waals surface area contributed by atoms with Gasteiger partial charge in [-0.1, -0.05) is 66.8 Å². The number of benzene rings is 2. The Morgan fingerprint density at radius 3 is 2.55 bits per heavy atom. The number of allylic oxidation sites excluding steroid dienone is 1. The number of nitrogens with zero attached hydrogens (tertiary/aromatic N) is 6. The van der Waals surface area contributed by atoms with Crippen LogP contribution in [0.2, 0.25) is 0 Å². The summed E-state index contributed by atoms with van der Waals surface area (Å²) in [7, 11) is 0. The highest BCUT2D eigenvalue weighted by atomic mass is 32.1. The molecule has 0 radical (unpaired) electrons. The predicted molar refractivity (Wildman–Crippen MR) is 115 cm³/mol. The molecule has 0 atom stereocenters. The van der Waals surface area contributed by atoms with E-state index in [1.807, 2.05) is 29.0 Å². The van der Waals surface area contributed by atoms with Crippen molar-refractivity contribution in [3.63, 3.8) is 0 Å². The third kappa shape index (κ3) is 4.17. The van der Waals surface area contributed by atoms with Gasteiger partial charge in [0.15, 0.2) is 11.6 Å². The largest absolute Gasteiger partial charge is 0.249 e. The van der Waals surface area contributed by atoms with Crippen LogP contribution in [0.3, 0.4) is 0 Å². The van der Waals surface area contributed by atoms with Gasteiger partial charge in [0.25, 0.3) is 0 Å². The highest BCUT2D eigenvalue weighted by Gasteiger charge is 2.12. The molecule has 0 amide bonds. The van der Waals surface area contributed by atoms with E-state index < -0.39 is 0 Å². The average molecular weight is 401 g/mol. The zero-order valence-electron chi connectivity index (χ0n) is 15.7. The topological polar surface area (TPSA) is 85.2 Å². The van der Waals surface area contributed by atoms with E-state index >= 15 is 0 Å². The summed E-state index contributed by atoms with van der Waals surface area (Å²) in [5, 5.41) is 20.2. The maximum absolute atomic E-state index is 4.99. The van der Waals surface area contributed by atoms with Gasteiger partial charge < -0.3 is 0 Å². The minimum atomic E-state index is 0.574. The molecule has 7 nitrogen and oxygen atoms in total. The second-order valence-corrected chi connectivity index (χ2v) is 6.71. The number of H-pyrrole nitrogens is 1. The molecule has 0 saturated carbocycles. The second kappa shape index (κ2) is 8.66. The maximum Gasteiger partial charge on any atom is 0.184 e. The van der Waals surface area contributed by atoms with Crippen molar-refractivity contribution < 1.29 is 0 Å². The van der Waals surface area contributed by atoms with E-state index in [4.69, 9.17) is 12.2 Å². The van der Waals surface area contributed by atoms with Crippen molar-refractivity contribution in [2.45, 2.75) is 19.4 Å². The number of nitrogens with one attached hydrogen (secondary N) is 1. The van der Waals surface area contributed by atoms with E-state index in [1.165, 1.54) is 5.37 Å². The fourth-order valence-electron chi connectivity index (χ4n) is 3.17. The average Bonchev–Trinajstić information content (AvgIpc) is 3.43. The minimum absolute atomic E-state index is 0.574. The summed E-state index contributed by atoms with van der Waals surface area (Å²) < 4.78 is 1.90. The Balaban J connectivity index is 1.59. The van der Waals surface area contributed by atoms with Crippen LogP contribution in [-0.4, -0.2) is 40.8 Å². The molecule has 0 aliphatic rings. The summed E-state index contributed by atoms with van der Waals surface area (Å²) in [6.45, 7) is 4.52. The lowest BCUT2D eigenvalue weighted by Crippen LogP contribution is -2.06. The summed E-state index contributed by atoms with van der Waals surface area (Å²) in [4.78, 5) is 4.54. The standard InChI is InChI=1S/C21H19N7S/c1-2-3-12-28-20(22-19(14-29)25-28)13-15-8-10-16(11-9-15)17-6-4-5-7-18(17)21-23-26-27-24-21/h2,4-11,14H,1,3,12-13H2,(H,23,24,26,27). The Hall–Kier alpha value is -3.52. The lowest BCUT2D eigenvalue weighted by molar-refractivity contribution is 0.593. The van der Waals surface area contributed by atoms with E-state index in [-0.39, 0.29) is 0 Å². The molecule has 0 spiro atoms. The Labute approximate surface area is 173 Å². The van der Waals surface area contributed by atoms with Gasteiger partial charge in [0.05, 0.1) is 0 Å². The number of hydrogen-bond acceptors (Lipinski definition) is 6. The number of tetrazole rings is 1. The van der Waals surface area contributed by atoms with Crippen LogP contribution < -0.4 is 0 Å². The van der Waals surface area contributed by atoms with Gasteiger partial charge in [-0.3, -0.25) is 0 Å². The van der Waals surface area contributed by atoms with Crippen LogP contribution >= 0.6 is 12.2 Å². The molecule has 29 heavy (non-hydrogen) atoms. The number of aromatic nitrogens is 7. The molecule has 1 N–H and O–H groups in total. The highest BCUT2D eigenvalue weighted by Crippen LogP contribution is 2.29. The van der Waals surface area contributed by atoms with Crippen LogP contribution in [0.1, 0.15) is 23.6 Å². The monoisotopic (exact) mass is 401 g/mol. The van der Waals surface area contributed by atoms with Crippen molar-refractivity contribution in [2.24, 2.45) is 0 Å². The van der Waals surface area contributed by atoms with Crippen LogP contribution in [0.25, 0.3) is 22.5 Å². The molecular formula is C21H19N7S. The third-order valence-corrected chi connectivity index (χ3v) is 4.78. The molecule has 0 aliphatic carbocycles. The summed E-state index contributed by atoms with van der Waals surface area (Å²) >= 11 is 4.99. The molecule has 2 heterocycles. The lowest BCUT2D eigenvalue weighted by atomic mass is 9.98.